The Balaban J connectivity index is 2.35. The first-order chi connectivity index (χ1) is 7.19. The van der Waals surface area contributed by atoms with Gasteiger partial charge in [-0.25, -0.2) is 0 Å². The van der Waals surface area contributed by atoms with Crippen molar-refractivity contribution < 1.29 is 9.90 Å². The first kappa shape index (κ1) is 13.2. The van der Waals surface area contributed by atoms with Crippen molar-refractivity contribution in [1.82, 2.24) is 5.32 Å². The summed E-state index contributed by atoms with van der Waals surface area (Å²) in [6, 6.07) is 0.0405. The van der Waals surface area contributed by atoms with Crippen LogP contribution in [0.15, 0.2) is 0 Å². The molecule has 0 aromatic carbocycles. The predicted octanol–water partition coefficient (Wildman–Crippen LogP) is 1.11. The third-order valence-electron chi connectivity index (χ3n) is 2.63. The summed E-state index contributed by atoms with van der Waals surface area (Å²) in [6.07, 6.45) is 4.09. The SMILES string of the molecule is CSC(CO)C(C)NC(=O)C1CCCS1. The minimum Gasteiger partial charge on any atom is -0.395 e. The van der Waals surface area contributed by atoms with Crippen molar-refractivity contribution >= 4 is 29.4 Å². The van der Waals surface area contributed by atoms with Gasteiger partial charge in [-0.3, -0.25) is 4.79 Å². The van der Waals surface area contributed by atoms with E-state index in [2.05, 4.69) is 5.32 Å². The van der Waals surface area contributed by atoms with Crippen molar-refractivity contribution in [2.24, 2.45) is 0 Å². The van der Waals surface area contributed by atoms with E-state index in [1.807, 2.05) is 13.2 Å². The molecule has 0 spiro atoms. The van der Waals surface area contributed by atoms with E-state index in [9.17, 15) is 4.79 Å². The Kier molecular flexibility index (Phi) is 5.86. The monoisotopic (exact) mass is 249 g/mol. The molecule has 1 saturated heterocycles. The highest BCUT2D eigenvalue weighted by Gasteiger charge is 2.26. The van der Waals surface area contributed by atoms with Crippen molar-refractivity contribution in [2.75, 3.05) is 18.6 Å². The van der Waals surface area contributed by atoms with Crippen molar-refractivity contribution in [3.63, 3.8) is 0 Å². The molecule has 1 rings (SSSR count). The van der Waals surface area contributed by atoms with E-state index in [0.717, 1.165) is 18.6 Å². The standard InChI is InChI=1S/C10H19NO2S2/c1-7(9(6-12)14-2)11-10(13)8-4-3-5-15-8/h7-9,12H,3-6H2,1-2H3,(H,11,13). The minimum atomic E-state index is 0.0405. The van der Waals surface area contributed by atoms with Crippen LogP contribution in [0.2, 0.25) is 0 Å². The molecule has 5 heteroatoms. The highest BCUT2D eigenvalue weighted by atomic mass is 32.2. The van der Waals surface area contributed by atoms with Gasteiger partial charge in [0.15, 0.2) is 0 Å². The summed E-state index contributed by atoms with van der Waals surface area (Å²) in [7, 11) is 0. The molecule has 1 aliphatic heterocycles. The highest BCUT2D eigenvalue weighted by Crippen LogP contribution is 2.26. The average molecular weight is 249 g/mol. The van der Waals surface area contributed by atoms with E-state index < -0.39 is 0 Å². The molecule has 0 aliphatic carbocycles. The summed E-state index contributed by atoms with van der Waals surface area (Å²) < 4.78 is 0. The molecule has 2 N–H and O–H groups in total. The fourth-order valence-electron chi connectivity index (χ4n) is 1.63. The summed E-state index contributed by atoms with van der Waals surface area (Å²) in [5.41, 5.74) is 0. The summed E-state index contributed by atoms with van der Waals surface area (Å²) in [5.74, 6) is 1.23. The lowest BCUT2D eigenvalue weighted by molar-refractivity contribution is -0.121. The molecule has 0 aromatic heterocycles. The Morgan fingerprint density at radius 2 is 2.47 bits per heavy atom. The van der Waals surface area contributed by atoms with E-state index in [1.165, 1.54) is 0 Å². The molecule has 0 aromatic rings. The molecular formula is C10H19NO2S2. The number of carbonyl (C=O) groups is 1. The maximum atomic E-state index is 11.8. The topological polar surface area (TPSA) is 49.3 Å². The van der Waals surface area contributed by atoms with Crippen LogP contribution in [0.4, 0.5) is 0 Å². The molecule has 88 valence electrons. The largest absolute Gasteiger partial charge is 0.395 e. The third-order valence-corrected chi connectivity index (χ3v) is 5.17. The Hall–Kier alpha value is 0.130. The minimum absolute atomic E-state index is 0.0405. The van der Waals surface area contributed by atoms with Crippen LogP contribution < -0.4 is 5.32 Å². The second kappa shape index (κ2) is 6.66. The average Bonchev–Trinajstić information content (AvgIpc) is 2.72. The fourth-order valence-corrected chi connectivity index (χ4v) is 3.43. The van der Waals surface area contributed by atoms with Gasteiger partial charge < -0.3 is 10.4 Å². The van der Waals surface area contributed by atoms with Crippen LogP contribution in [-0.4, -0.2) is 46.2 Å². The van der Waals surface area contributed by atoms with E-state index in [4.69, 9.17) is 5.11 Å². The second-order valence-electron chi connectivity index (χ2n) is 3.76. The number of hydrogen-bond donors (Lipinski definition) is 2. The zero-order valence-corrected chi connectivity index (χ0v) is 10.9. The third kappa shape index (κ3) is 3.89. The van der Waals surface area contributed by atoms with E-state index >= 15 is 0 Å². The van der Waals surface area contributed by atoms with Gasteiger partial charge in [0.1, 0.15) is 0 Å². The van der Waals surface area contributed by atoms with Crippen LogP contribution in [0, 0.1) is 0 Å². The Labute approximate surface area is 99.8 Å². The number of carbonyl (C=O) groups excluding carboxylic acids is 1. The van der Waals surface area contributed by atoms with Gasteiger partial charge in [-0.15, -0.1) is 11.8 Å². The predicted molar refractivity (Wildman–Crippen MR) is 67.5 cm³/mol. The smallest absolute Gasteiger partial charge is 0.233 e. The fraction of sp³-hybridized carbons (Fsp3) is 0.900. The summed E-state index contributed by atoms with van der Waals surface area (Å²) in [4.78, 5) is 11.8. The van der Waals surface area contributed by atoms with Crippen LogP contribution in [0.3, 0.4) is 0 Å². The van der Waals surface area contributed by atoms with Gasteiger partial charge in [0.25, 0.3) is 0 Å². The first-order valence-electron chi connectivity index (χ1n) is 5.24. The molecule has 3 nitrogen and oxygen atoms in total. The molecule has 1 fully saturated rings. The molecule has 0 bridgehead atoms. The lowest BCUT2D eigenvalue weighted by Crippen LogP contribution is -2.44. The van der Waals surface area contributed by atoms with Gasteiger partial charge in [0.2, 0.25) is 5.91 Å². The molecule has 15 heavy (non-hydrogen) atoms. The normalized spacial score (nSPS) is 24.9. The zero-order valence-electron chi connectivity index (χ0n) is 9.23. The number of aliphatic hydroxyl groups is 1. The molecule has 3 unspecified atom stereocenters. The Bertz CT molecular complexity index is 204. The van der Waals surface area contributed by atoms with Crippen molar-refractivity contribution in [2.45, 2.75) is 36.3 Å². The lowest BCUT2D eigenvalue weighted by atomic mass is 10.2. The van der Waals surface area contributed by atoms with Crippen molar-refractivity contribution in [3.8, 4) is 0 Å². The number of aliphatic hydroxyl groups excluding tert-OH is 1. The lowest BCUT2D eigenvalue weighted by Gasteiger charge is -2.22. The molecular weight excluding hydrogens is 230 g/mol. The van der Waals surface area contributed by atoms with Crippen LogP contribution >= 0.6 is 23.5 Å². The van der Waals surface area contributed by atoms with Crippen LogP contribution in [-0.2, 0) is 4.79 Å². The van der Waals surface area contributed by atoms with Gasteiger partial charge in [-0.05, 0) is 31.8 Å². The van der Waals surface area contributed by atoms with Crippen molar-refractivity contribution in [1.29, 1.82) is 0 Å². The number of amides is 1. The number of rotatable bonds is 5. The van der Waals surface area contributed by atoms with Gasteiger partial charge in [-0.2, -0.15) is 11.8 Å². The summed E-state index contributed by atoms with van der Waals surface area (Å²) >= 11 is 3.33. The van der Waals surface area contributed by atoms with Crippen LogP contribution in [0.25, 0.3) is 0 Å². The van der Waals surface area contributed by atoms with Gasteiger partial charge >= 0.3 is 0 Å². The number of nitrogens with one attached hydrogen (secondary N) is 1. The molecule has 1 heterocycles. The van der Waals surface area contributed by atoms with Crippen LogP contribution in [0.5, 0.6) is 0 Å². The molecule has 1 aliphatic rings. The maximum Gasteiger partial charge on any atom is 0.233 e. The molecule has 1 amide bonds. The number of thioether (sulfide) groups is 2. The van der Waals surface area contributed by atoms with E-state index in [-0.39, 0.29) is 29.1 Å². The Morgan fingerprint density at radius 1 is 1.73 bits per heavy atom. The molecule has 0 saturated carbocycles. The summed E-state index contributed by atoms with van der Waals surface area (Å²) in [6.45, 7) is 2.06. The van der Waals surface area contributed by atoms with E-state index in [0.29, 0.717) is 0 Å². The van der Waals surface area contributed by atoms with Gasteiger partial charge in [-0.1, -0.05) is 0 Å². The van der Waals surface area contributed by atoms with E-state index in [1.54, 1.807) is 23.5 Å². The Morgan fingerprint density at radius 3 is 2.93 bits per heavy atom. The van der Waals surface area contributed by atoms with Crippen molar-refractivity contribution in [3.05, 3.63) is 0 Å². The van der Waals surface area contributed by atoms with Gasteiger partial charge in [0.05, 0.1) is 11.9 Å². The molecule has 3 atom stereocenters. The molecule has 0 radical (unpaired) electrons. The van der Waals surface area contributed by atoms with Crippen LogP contribution in [0.1, 0.15) is 19.8 Å². The number of hydrogen-bond acceptors (Lipinski definition) is 4. The zero-order chi connectivity index (χ0) is 11.3. The second-order valence-corrected chi connectivity index (χ2v) is 6.14. The first-order valence-corrected chi connectivity index (χ1v) is 7.58. The van der Waals surface area contributed by atoms with Gasteiger partial charge in [0, 0.05) is 11.3 Å². The highest BCUT2D eigenvalue weighted by molar-refractivity contribution is 8.00. The summed E-state index contributed by atoms with van der Waals surface area (Å²) in [5, 5.41) is 12.3. The maximum absolute atomic E-state index is 11.8. The quantitative estimate of drug-likeness (QED) is 0.766.